The van der Waals surface area contributed by atoms with Crippen LogP contribution in [0, 0.1) is 17.2 Å². The van der Waals surface area contributed by atoms with E-state index >= 15 is 0 Å². The van der Waals surface area contributed by atoms with Crippen LogP contribution < -0.4 is 10.1 Å². The molecule has 7 heteroatoms. The number of allylic oxidation sites excluding steroid dienone is 2. The van der Waals surface area contributed by atoms with Crippen molar-refractivity contribution < 1.29 is 17.9 Å². The number of hydrogen-bond donors (Lipinski definition) is 1. The molecule has 2 aromatic rings. The first kappa shape index (κ1) is 18.7. The highest BCUT2D eigenvalue weighted by Crippen LogP contribution is 2.54. The van der Waals surface area contributed by atoms with Crippen molar-refractivity contribution in [3.05, 3.63) is 70.3 Å². The molecule has 0 spiro atoms. The van der Waals surface area contributed by atoms with E-state index in [4.69, 9.17) is 21.6 Å². The molecule has 2 aliphatic rings. The molecule has 0 saturated heterocycles. The zero-order valence-electron chi connectivity index (χ0n) is 14.6. The van der Waals surface area contributed by atoms with Crippen molar-refractivity contribution in [2.75, 3.05) is 11.9 Å². The highest BCUT2D eigenvalue weighted by molar-refractivity contribution is 6.33. The number of nitrogens with zero attached hydrogens (tertiary/aromatic N) is 1. The van der Waals surface area contributed by atoms with Gasteiger partial charge in [-0.15, -0.1) is 0 Å². The van der Waals surface area contributed by atoms with Gasteiger partial charge in [0.1, 0.15) is 11.8 Å². The number of fused-ring (bicyclic) bond motifs is 3. The van der Waals surface area contributed by atoms with Gasteiger partial charge in [0.25, 0.3) is 0 Å². The average Bonchev–Trinajstić information content (AvgIpc) is 3.15. The molecule has 1 aliphatic carbocycles. The SMILES string of the molecule is N#CCOc1ccc([C@@H]2Nc3c(Cl)ccc(C(F)(F)F)c3[C@@H]3C=CC[C@@H]32)cc1. The fourth-order valence-electron chi connectivity index (χ4n) is 4.14. The highest BCUT2D eigenvalue weighted by atomic mass is 35.5. The first-order valence-corrected chi connectivity index (χ1v) is 9.20. The Labute approximate surface area is 165 Å². The number of hydrogen-bond acceptors (Lipinski definition) is 3. The maximum atomic E-state index is 13.6. The summed E-state index contributed by atoms with van der Waals surface area (Å²) in [5.41, 5.74) is 0.866. The molecule has 0 bridgehead atoms. The third-order valence-corrected chi connectivity index (χ3v) is 5.63. The first-order valence-electron chi connectivity index (χ1n) is 8.82. The van der Waals surface area contributed by atoms with Crippen molar-refractivity contribution in [1.82, 2.24) is 0 Å². The number of nitriles is 1. The molecule has 3 nitrogen and oxygen atoms in total. The van der Waals surface area contributed by atoms with Crippen molar-refractivity contribution in [2.45, 2.75) is 24.6 Å². The second-order valence-corrected chi connectivity index (χ2v) is 7.28. The Balaban J connectivity index is 1.74. The van der Waals surface area contributed by atoms with Crippen LogP contribution in [-0.2, 0) is 6.18 Å². The van der Waals surface area contributed by atoms with E-state index in [2.05, 4.69) is 5.32 Å². The van der Waals surface area contributed by atoms with E-state index in [1.807, 2.05) is 30.4 Å². The third-order valence-electron chi connectivity index (χ3n) is 5.32. The van der Waals surface area contributed by atoms with E-state index in [0.717, 1.165) is 11.6 Å². The molecule has 4 rings (SSSR count). The largest absolute Gasteiger partial charge is 0.479 e. The number of ether oxygens (including phenoxy) is 1. The van der Waals surface area contributed by atoms with Gasteiger partial charge in [0.2, 0.25) is 0 Å². The van der Waals surface area contributed by atoms with E-state index in [1.165, 1.54) is 6.07 Å². The van der Waals surface area contributed by atoms with Gasteiger partial charge in [-0.25, -0.2) is 0 Å². The van der Waals surface area contributed by atoms with Gasteiger partial charge in [0, 0.05) is 5.92 Å². The summed E-state index contributed by atoms with van der Waals surface area (Å²) in [5.74, 6) is 0.170. The van der Waals surface area contributed by atoms with Crippen LogP contribution in [0.1, 0.15) is 35.1 Å². The molecular formula is C21H16ClF3N2O. The van der Waals surface area contributed by atoms with Gasteiger partial charge in [0.15, 0.2) is 6.61 Å². The number of anilines is 1. The van der Waals surface area contributed by atoms with E-state index in [9.17, 15) is 13.2 Å². The smallest absolute Gasteiger partial charge is 0.416 e. The lowest BCUT2D eigenvalue weighted by Gasteiger charge is -2.39. The Morgan fingerprint density at radius 3 is 2.61 bits per heavy atom. The van der Waals surface area contributed by atoms with Crippen molar-refractivity contribution in [3.63, 3.8) is 0 Å². The van der Waals surface area contributed by atoms with Crippen LogP contribution >= 0.6 is 11.6 Å². The quantitative estimate of drug-likeness (QED) is 0.630. The van der Waals surface area contributed by atoms with Gasteiger partial charge >= 0.3 is 6.18 Å². The third kappa shape index (κ3) is 3.20. The van der Waals surface area contributed by atoms with Gasteiger partial charge in [-0.3, -0.25) is 0 Å². The number of alkyl halides is 3. The maximum Gasteiger partial charge on any atom is 0.416 e. The molecule has 0 saturated carbocycles. The molecule has 144 valence electrons. The number of halogens is 4. The van der Waals surface area contributed by atoms with Crippen LogP contribution in [0.5, 0.6) is 5.75 Å². The summed E-state index contributed by atoms with van der Waals surface area (Å²) in [6.45, 7) is -0.0428. The van der Waals surface area contributed by atoms with Gasteiger partial charge in [-0.1, -0.05) is 35.9 Å². The molecule has 0 fully saturated rings. The minimum absolute atomic E-state index is 0.0428. The van der Waals surface area contributed by atoms with Crippen molar-refractivity contribution in [3.8, 4) is 11.8 Å². The lowest BCUT2D eigenvalue weighted by atomic mass is 9.75. The van der Waals surface area contributed by atoms with Gasteiger partial charge in [-0.05, 0) is 47.7 Å². The molecule has 0 radical (unpaired) electrons. The summed E-state index contributed by atoms with van der Waals surface area (Å²) >= 11 is 6.29. The van der Waals surface area contributed by atoms with Gasteiger partial charge in [0.05, 0.1) is 22.3 Å². The van der Waals surface area contributed by atoms with Gasteiger partial charge in [-0.2, -0.15) is 18.4 Å². The highest BCUT2D eigenvalue weighted by Gasteiger charge is 2.44. The lowest BCUT2D eigenvalue weighted by Crippen LogP contribution is -2.31. The standard InChI is InChI=1S/C21H16ClF3N2O/c22-17-9-8-16(21(23,24)25)18-14-2-1-3-15(14)19(27-20(17)18)12-4-6-13(7-5-12)28-11-10-26/h1-2,4-9,14-15,19,27H,3,11H2/t14-,15+,19+/m1/s1. The topological polar surface area (TPSA) is 45.0 Å². The van der Waals surface area contributed by atoms with E-state index in [0.29, 0.717) is 17.9 Å². The molecule has 3 atom stereocenters. The molecule has 1 heterocycles. The minimum Gasteiger partial charge on any atom is -0.479 e. The van der Waals surface area contributed by atoms with Gasteiger partial charge < -0.3 is 10.1 Å². The molecule has 0 aromatic heterocycles. The van der Waals surface area contributed by atoms with Crippen molar-refractivity contribution in [1.29, 1.82) is 5.26 Å². The molecule has 1 aliphatic heterocycles. The normalized spacial score (nSPS) is 22.8. The Bertz CT molecular complexity index is 963. The predicted molar refractivity (Wildman–Crippen MR) is 100 cm³/mol. The van der Waals surface area contributed by atoms with Crippen LogP contribution in [0.2, 0.25) is 5.02 Å². The Hall–Kier alpha value is -2.65. The molecular weight excluding hydrogens is 389 g/mol. The summed E-state index contributed by atoms with van der Waals surface area (Å²) in [6, 6.07) is 11.3. The second-order valence-electron chi connectivity index (χ2n) is 6.87. The average molecular weight is 405 g/mol. The monoisotopic (exact) mass is 404 g/mol. The molecule has 2 aromatic carbocycles. The molecule has 0 amide bonds. The maximum absolute atomic E-state index is 13.6. The van der Waals surface area contributed by atoms with Crippen LogP contribution in [0.4, 0.5) is 18.9 Å². The predicted octanol–water partition coefficient (Wildman–Crippen LogP) is 6.09. The van der Waals surface area contributed by atoms with E-state index in [1.54, 1.807) is 12.1 Å². The Kier molecular flexibility index (Phi) is 4.72. The zero-order chi connectivity index (χ0) is 19.9. The van der Waals surface area contributed by atoms with Crippen molar-refractivity contribution >= 4 is 17.3 Å². The number of nitrogens with one attached hydrogen (secondary N) is 1. The molecule has 1 N–H and O–H groups in total. The number of rotatable bonds is 3. The Morgan fingerprint density at radius 1 is 1.18 bits per heavy atom. The lowest BCUT2D eigenvalue weighted by molar-refractivity contribution is -0.138. The van der Waals surface area contributed by atoms with Crippen LogP contribution in [0.25, 0.3) is 0 Å². The summed E-state index contributed by atoms with van der Waals surface area (Å²) < 4.78 is 46.1. The summed E-state index contributed by atoms with van der Waals surface area (Å²) in [6.07, 6.45) is 0.0278. The fourth-order valence-corrected chi connectivity index (χ4v) is 4.36. The van der Waals surface area contributed by atoms with Crippen LogP contribution in [0.15, 0.2) is 48.6 Å². The van der Waals surface area contributed by atoms with Crippen LogP contribution in [-0.4, -0.2) is 6.61 Å². The summed E-state index contributed by atoms with van der Waals surface area (Å²) in [5, 5.41) is 12.1. The Morgan fingerprint density at radius 2 is 1.93 bits per heavy atom. The molecule has 0 unspecified atom stereocenters. The fraction of sp³-hybridized carbons (Fsp3) is 0.286. The minimum atomic E-state index is -4.44. The first-order chi connectivity index (χ1) is 13.4. The second kappa shape index (κ2) is 7.06. The zero-order valence-corrected chi connectivity index (χ0v) is 15.4. The summed E-state index contributed by atoms with van der Waals surface area (Å²) in [7, 11) is 0. The van der Waals surface area contributed by atoms with Crippen molar-refractivity contribution in [2.24, 2.45) is 5.92 Å². The molecule has 28 heavy (non-hydrogen) atoms. The van der Waals surface area contributed by atoms with Crippen LogP contribution in [0.3, 0.4) is 0 Å². The van der Waals surface area contributed by atoms with E-state index < -0.39 is 11.7 Å². The van der Waals surface area contributed by atoms with E-state index in [-0.39, 0.29) is 35.1 Å². The number of benzene rings is 2. The summed E-state index contributed by atoms with van der Waals surface area (Å²) in [4.78, 5) is 0.